The molecule has 0 spiro atoms. The van der Waals surface area contributed by atoms with E-state index in [-0.39, 0.29) is 23.0 Å². The number of imidazole rings is 1. The third-order valence-electron chi connectivity index (χ3n) is 6.64. The molecule has 0 atom stereocenters. The van der Waals surface area contributed by atoms with Gasteiger partial charge in [-0.15, -0.1) is 11.3 Å². The Kier molecular flexibility index (Phi) is 6.05. The van der Waals surface area contributed by atoms with Crippen LogP contribution in [0.2, 0.25) is 0 Å². The number of H-pyrrole nitrogens is 2. The lowest BCUT2D eigenvalue weighted by atomic mass is 10.0. The number of hydrogen-bond acceptors (Lipinski definition) is 6. The number of nitrogens with one attached hydrogen (secondary N) is 3. The molecule has 200 valence electrons. The number of aromatic amines is 2. The minimum atomic E-state index is -0.525. The SMILES string of the molecule is O=C(Cc1ccccc1)Nc1cncc(-c2cc(F)c3n[nH]c(-c4nc5nccc(-c6ccc(F)s6)c5[nH]4)c3c2)c1. The lowest BCUT2D eigenvalue weighted by Crippen LogP contribution is -2.14. The van der Waals surface area contributed by atoms with Crippen molar-refractivity contribution >= 4 is 45.0 Å². The van der Waals surface area contributed by atoms with E-state index in [4.69, 9.17) is 0 Å². The number of pyridine rings is 2. The van der Waals surface area contributed by atoms with E-state index < -0.39 is 5.82 Å². The molecule has 0 aliphatic heterocycles. The van der Waals surface area contributed by atoms with E-state index >= 15 is 4.39 Å². The molecule has 0 aliphatic carbocycles. The van der Waals surface area contributed by atoms with Gasteiger partial charge in [-0.3, -0.25) is 14.9 Å². The molecule has 0 fully saturated rings. The largest absolute Gasteiger partial charge is 0.335 e. The van der Waals surface area contributed by atoms with Crippen molar-refractivity contribution in [3.8, 4) is 33.1 Å². The van der Waals surface area contributed by atoms with Crippen LogP contribution in [-0.2, 0) is 11.2 Å². The number of carbonyl (C=O) groups is 1. The number of thiophene rings is 1. The van der Waals surface area contributed by atoms with Gasteiger partial charge in [0.2, 0.25) is 5.91 Å². The molecule has 0 aliphatic rings. The summed E-state index contributed by atoms with van der Waals surface area (Å²) in [6.07, 6.45) is 4.98. The second-order valence-corrected chi connectivity index (χ2v) is 10.4. The smallest absolute Gasteiger partial charge is 0.228 e. The molecule has 11 heteroatoms. The van der Waals surface area contributed by atoms with Crippen molar-refractivity contribution in [1.82, 2.24) is 30.1 Å². The number of aromatic nitrogens is 6. The summed E-state index contributed by atoms with van der Waals surface area (Å²) in [6, 6.07) is 19.2. The zero-order chi connectivity index (χ0) is 27.9. The predicted molar refractivity (Wildman–Crippen MR) is 154 cm³/mol. The number of rotatable bonds is 6. The van der Waals surface area contributed by atoms with Crippen molar-refractivity contribution in [3.63, 3.8) is 0 Å². The van der Waals surface area contributed by atoms with Crippen molar-refractivity contribution in [3.05, 3.63) is 102 Å². The molecule has 0 saturated carbocycles. The van der Waals surface area contributed by atoms with Crippen molar-refractivity contribution in [2.24, 2.45) is 0 Å². The minimum Gasteiger partial charge on any atom is -0.335 e. The highest BCUT2D eigenvalue weighted by atomic mass is 32.1. The van der Waals surface area contributed by atoms with Gasteiger partial charge < -0.3 is 10.3 Å². The molecule has 0 saturated heterocycles. The first-order valence-corrected chi connectivity index (χ1v) is 13.4. The average Bonchev–Trinajstić information content (AvgIpc) is 3.71. The van der Waals surface area contributed by atoms with Gasteiger partial charge in [-0.1, -0.05) is 30.3 Å². The molecule has 5 heterocycles. The number of benzene rings is 2. The zero-order valence-electron chi connectivity index (χ0n) is 21.2. The van der Waals surface area contributed by atoms with Gasteiger partial charge in [0.1, 0.15) is 11.2 Å². The predicted octanol–water partition coefficient (Wildman–Crippen LogP) is 6.75. The molecular weight excluding hydrogens is 544 g/mol. The Morgan fingerprint density at radius 3 is 2.68 bits per heavy atom. The number of nitrogens with zero attached hydrogens (tertiary/aromatic N) is 4. The first-order chi connectivity index (χ1) is 20.0. The third kappa shape index (κ3) is 4.72. The van der Waals surface area contributed by atoms with Gasteiger partial charge in [-0.05, 0) is 47.5 Å². The molecule has 0 radical (unpaired) electrons. The maximum atomic E-state index is 15.3. The highest BCUT2D eigenvalue weighted by Gasteiger charge is 2.19. The van der Waals surface area contributed by atoms with E-state index in [1.165, 1.54) is 12.1 Å². The van der Waals surface area contributed by atoms with Crippen LogP contribution in [0.1, 0.15) is 5.56 Å². The van der Waals surface area contributed by atoms with Gasteiger partial charge in [-0.2, -0.15) is 9.49 Å². The summed E-state index contributed by atoms with van der Waals surface area (Å²) in [5.41, 5.74) is 5.01. The maximum Gasteiger partial charge on any atom is 0.228 e. The van der Waals surface area contributed by atoms with Crippen LogP contribution in [-0.4, -0.2) is 36.0 Å². The summed E-state index contributed by atoms with van der Waals surface area (Å²) < 4.78 is 29.0. The van der Waals surface area contributed by atoms with Crippen LogP contribution >= 0.6 is 11.3 Å². The van der Waals surface area contributed by atoms with Gasteiger partial charge in [0, 0.05) is 33.8 Å². The summed E-state index contributed by atoms with van der Waals surface area (Å²) in [7, 11) is 0. The van der Waals surface area contributed by atoms with Crippen molar-refractivity contribution in [2.75, 3.05) is 5.32 Å². The van der Waals surface area contributed by atoms with Gasteiger partial charge in [0.25, 0.3) is 0 Å². The number of halogens is 2. The highest BCUT2D eigenvalue weighted by molar-refractivity contribution is 7.14. The second kappa shape index (κ2) is 10.0. The first kappa shape index (κ1) is 24.7. The Labute approximate surface area is 235 Å². The third-order valence-corrected chi connectivity index (χ3v) is 7.55. The number of fused-ring (bicyclic) bond motifs is 2. The molecule has 0 unspecified atom stereocenters. The lowest BCUT2D eigenvalue weighted by Gasteiger charge is -2.08. The van der Waals surface area contributed by atoms with E-state index in [1.54, 1.807) is 42.9 Å². The summed E-state index contributed by atoms with van der Waals surface area (Å²) in [5.74, 6) is -0.296. The summed E-state index contributed by atoms with van der Waals surface area (Å²) in [5, 5.41) is 10.1. The van der Waals surface area contributed by atoms with E-state index in [1.807, 2.05) is 30.3 Å². The molecule has 7 rings (SSSR count). The molecule has 2 aromatic carbocycles. The van der Waals surface area contributed by atoms with Crippen LogP contribution in [0.25, 0.3) is 55.2 Å². The quantitative estimate of drug-likeness (QED) is 0.207. The van der Waals surface area contributed by atoms with Gasteiger partial charge in [0.05, 0.1) is 23.8 Å². The Morgan fingerprint density at radius 1 is 0.976 bits per heavy atom. The highest BCUT2D eigenvalue weighted by Crippen LogP contribution is 2.35. The van der Waals surface area contributed by atoms with E-state index in [0.717, 1.165) is 27.3 Å². The number of hydrogen-bond donors (Lipinski definition) is 3. The average molecular weight is 564 g/mol. The fraction of sp³-hybridized carbons (Fsp3) is 0.0333. The Balaban J connectivity index is 1.24. The number of carbonyl (C=O) groups excluding carboxylic acids is 1. The van der Waals surface area contributed by atoms with Crippen molar-refractivity contribution < 1.29 is 13.6 Å². The van der Waals surface area contributed by atoms with Crippen LogP contribution < -0.4 is 5.32 Å². The fourth-order valence-corrected chi connectivity index (χ4v) is 5.53. The monoisotopic (exact) mass is 563 g/mol. The van der Waals surface area contributed by atoms with E-state index in [9.17, 15) is 9.18 Å². The Bertz CT molecular complexity index is 2070. The normalized spacial score (nSPS) is 11.4. The number of amides is 1. The molecule has 0 bridgehead atoms. The van der Waals surface area contributed by atoms with Crippen molar-refractivity contribution in [2.45, 2.75) is 6.42 Å². The van der Waals surface area contributed by atoms with E-state index in [2.05, 4.69) is 35.5 Å². The van der Waals surface area contributed by atoms with Gasteiger partial charge in [0.15, 0.2) is 22.4 Å². The standard InChI is InChI=1S/C30H19F2N7OS/c31-22-13-17(18-11-19(15-33-14-18)35-25(40)10-16-4-2-1-3-5-16)12-21-26(22)38-39-28(21)30-36-27-20(8-9-34-29(27)37-30)23-6-7-24(32)41-23/h1-9,11-15H,10H2,(H,35,40)(H,38,39)(H,34,36,37). The molecule has 1 amide bonds. The van der Waals surface area contributed by atoms with Gasteiger partial charge in [-0.25, -0.2) is 14.4 Å². The van der Waals surface area contributed by atoms with Crippen LogP contribution in [0, 0.1) is 10.9 Å². The molecule has 3 N–H and O–H groups in total. The maximum absolute atomic E-state index is 15.3. The lowest BCUT2D eigenvalue weighted by molar-refractivity contribution is -0.115. The van der Waals surface area contributed by atoms with Crippen LogP contribution in [0.4, 0.5) is 14.5 Å². The fourth-order valence-electron chi connectivity index (χ4n) is 4.77. The van der Waals surface area contributed by atoms with Crippen LogP contribution in [0.5, 0.6) is 0 Å². The number of anilines is 1. The molecule has 8 nitrogen and oxygen atoms in total. The molecule has 7 aromatic rings. The van der Waals surface area contributed by atoms with Crippen LogP contribution in [0.15, 0.2) is 85.3 Å². The Hall–Kier alpha value is -5.29. The van der Waals surface area contributed by atoms with Crippen molar-refractivity contribution in [1.29, 1.82) is 0 Å². The summed E-state index contributed by atoms with van der Waals surface area (Å²) in [4.78, 5) is 29.8. The molecular formula is C30H19F2N7OS. The van der Waals surface area contributed by atoms with Gasteiger partial charge >= 0.3 is 0 Å². The zero-order valence-corrected chi connectivity index (χ0v) is 22.0. The Morgan fingerprint density at radius 2 is 1.85 bits per heavy atom. The van der Waals surface area contributed by atoms with E-state index in [0.29, 0.717) is 44.9 Å². The first-order valence-electron chi connectivity index (χ1n) is 12.6. The second-order valence-electron chi connectivity index (χ2n) is 9.37. The summed E-state index contributed by atoms with van der Waals surface area (Å²) in [6.45, 7) is 0. The molecule has 41 heavy (non-hydrogen) atoms. The molecule has 5 aromatic heterocycles. The summed E-state index contributed by atoms with van der Waals surface area (Å²) >= 11 is 1.03. The topological polar surface area (TPSA) is 112 Å². The minimum absolute atomic E-state index is 0.151. The van der Waals surface area contributed by atoms with Crippen LogP contribution in [0.3, 0.4) is 0 Å².